The van der Waals surface area contributed by atoms with Crippen LogP contribution in [-0.2, 0) is 4.74 Å². The number of aliphatic hydroxyl groups excluding tert-OH is 1. The highest BCUT2D eigenvalue weighted by Crippen LogP contribution is 2.30. The van der Waals surface area contributed by atoms with Crippen LogP contribution in [0.5, 0.6) is 5.75 Å². The number of phenols is 1. The van der Waals surface area contributed by atoms with Gasteiger partial charge in [0.2, 0.25) is 0 Å². The molecule has 6 nitrogen and oxygen atoms in total. The third-order valence-electron chi connectivity index (χ3n) is 4.09. The molecule has 0 fully saturated rings. The number of rotatable bonds is 7. The Bertz CT molecular complexity index is 740. The molecule has 0 aliphatic heterocycles. The molecule has 138 valence electrons. The van der Waals surface area contributed by atoms with E-state index >= 15 is 0 Å². The molecule has 0 saturated heterocycles. The van der Waals surface area contributed by atoms with E-state index in [1.807, 2.05) is 6.92 Å². The smallest absolute Gasteiger partial charge is 0.412 e. The van der Waals surface area contributed by atoms with Crippen LogP contribution >= 0.6 is 0 Å². The van der Waals surface area contributed by atoms with E-state index in [9.17, 15) is 19.8 Å². The van der Waals surface area contributed by atoms with Gasteiger partial charge >= 0.3 is 6.09 Å². The molecule has 1 amide bonds. The summed E-state index contributed by atoms with van der Waals surface area (Å²) >= 11 is 0. The first-order valence-electron chi connectivity index (χ1n) is 8.39. The molecule has 2 atom stereocenters. The highest BCUT2D eigenvalue weighted by molar-refractivity contribution is 5.94. The molecular formula is C20H23NO5. The number of phenolic OH excluding ortho intramolecular Hbond substituents is 1. The van der Waals surface area contributed by atoms with E-state index in [-0.39, 0.29) is 24.1 Å². The third kappa shape index (κ3) is 5.32. The van der Waals surface area contributed by atoms with Crippen molar-refractivity contribution in [3.63, 3.8) is 0 Å². The largest absolute Gasteiger partial charge is 0.508 e. The average Bonchev–Trinajstić information content (AvgIpc) is 2.61. The van der Waals surface area contributed by atoms with Crippen molar-refractivity contribution >= 4 is 17.6 Å². The Hall–Kier alpha value is -2.86. The minimum Gasteiger partial charge on any atom is -0.508 e. The molecule has 0 aliphatic carbocycles. The summed E-state index contributed by atoms with van der Waals surface area (Å²) in [5, 5.41) is 21.3. The van der Waals surface area contributed by atoms with Crippen LogP contribution in [-0.4, -0.2) is 28.7 Å². The molecule has 0 heterocycles. The maximum atomic E-state index is 12.3. The van der Waals surface area contributed by atoms with Gasteiger partial charge in [0.15, 0.2) is 5.78 Å². The number of ketones is 1. The molecule has 0 spiro atoms. The predicted molar refractivity (Wildman–Crippen MR) is 98.3 cm³/mol. The van der Waals surface area contributed by atoms with E-state index in [4.69, 9.17) is 4.74 Å². The Morgan fingerprint density at radius 2 is 1.69 bits per heavy atom. The molecule has 2 rings (SSSR count). The first-order chi connectivity index (χ1) is 12.4. The van der Waals surface area contributed by atoms with Gasteiger partial charge in [-0.3, -0.25) is 10.1 Å². The van der Waals surface area contributed by atoms with Crippen LogP contribution in [0.4, 0.5) is 10.5 Å². The number of aliphatic hydroxyl groups is 1. The minimum absolute atomic E-state index is 0.0206. The number of nitrogens with one attached hydrogen (secondary N) is 1. The summed E-state index contributed by atoms with van der Waals surface area (Å²) in [4.78, 5) is 23.6. The van der Waals surface area contributed by atoms with Crippen molar-refractivity contribution in [3.8, 4) is 5.75 Å². The number of hydrogen-bond donors (Lipinski definition) is 3. The molecule has 0 unspecified atom stereocenters. The quantitative estimate of drug-likeness (QED) is 0.653. The lowest BCUT2D eigenvalue weighted by atomic mass is 9.94. The lowest BCUT2D eigenvalue weighted by Crippen LogP contribution is -2.22. The normalized spacial score (nSPS) is 12.9. The summed E-state index contributed by atoms with van der Waals surface area (Å²) in [7, 11) is 0. The molecule has 3 N–H and O–H groups in total. The lowest BCUT2D eigenvalue weighted by molar-refractivity contribution is 0.0667. The van der Waals surface area contributed by atoms with Gasteiger partial charge in [-0.2, -0.15) is 0 Å². The molecule has 0 aliphatic rings. The van der Waals surface area contributed by atoms with Gasteiger partial charge in [0.05, 0.1) is 0 Å². The summed E-state index contributed by atoms with van der Waals surface area (Å²) in [6, 6.07) is 12.9. The number of anilines is 1. The molecule has 0 aromatic heterocycles. The lowest BCUT2D eigenvalue weighted by Gasteiger charge is -2.24. The Morgan fingerprint density at radius 3 is 2.23 bits per heavy atom. The van der Waals surface area contributed by atoms with Gasteiger partial charge in [0.1, 0.15) is 11.9 Å². The van der Waals surface area contributed by atoms with Crippen molar-refractivity contribution in [3.05, 3.63) is 59.7 Å². The zero-order valence-corrected chi connectivity index (χ0v) is 14.8. The van der Waals surface area contributed by atoms with Gasteiger partial charge in [-0.1, -0.05) is 19.1 Å². The Morgan fingerprint density at radius 1 is 1.08 bits per heavy atom. The monoisotopic (exact) mass is 357 g/mol. The molecule has 0 bridgehead atoms. The number of amides is 1. The predicted octanol–water partition coefficient (Wildman–Crippen LogP) is 3.90. The molecular weight excluding hydrogens is 334 g/mol. The number of carbonyl (C=O) groups is 2. The molecule has 0 saturated carbocycles. The fraction of sp³-hybridized carbons (Fsp3) is 0.300. The van der Waals surface area contributed by atoms with E-state index in [2.05, 4.69) is 5.32 Å². The number of benzene rings is 2. The summed E-state index contributed by atoms with van der Waals surface area (Å²) in [6.07, 6.45) is -0.741. The van der Waals surface area contributed by atoms with Gasteiger partial charge < -0.3 is 14.9 Å². The molecule has 2 aromatic rings. The van der Waals surface area contributed by atoms with Crippen molar-refractivity contribution in [1.29, 1.82) is 0 Å². The van der Waals surface area contributed by atoms with Crippen LogP contribution in [0.25, 0.3) is 0 Å². The van der Waals surface area contributed by atoms with Crippen molar-refractivity contribution in [2.24, 2.45) is 5.92 Å². The summed E-state index contributed by atoms with van der Waals surface area (Å²) in [5.74, 6) is -0.0444. The van der Waals surface area contributed by atoms with Gasteiger partial charge in [-0.15, -0.1) is 0 Å². The summed E-state index contributed by atoms with van der Waals surface area (Å²) < 4.78 is 5.56. The van der Waals surface area contributed by atoms with Gasteiger partial charge in [0.25, 0.3) is 0 Å². The number of ether oxygens (including phenoxy) is 1. The van der Waals surface area contributed by atoms with E-state index < -0.39 is 12.2 Å². The standard InChI is InChI=1S/C20H23NO5/c1-13(11-12-22)19(16-5-9-18(24)10-6-16)26-20(25)21-17-7-3-15(4-8-17)14(2)23/h3-10,13,19,22,24H,11-12H2,1-2H3,(H,21,25)/t13-,19+/m0/s1. The second-order valence-electron chi connectivity index (χ2n) is 6.17. The molecule has 2 aromatic carbocycles. The van der Waals surface area contributed by atoms with Crippen LogP contribution in [0, 0.1) is 5.92 Å². The van der Waals surface area contributed by atoms with Crippen molar-refractivity contribution in [2.45, 2.75) is 26.4 Å². The highest BCUT2D eigenvalue weighted by Gasteiger charge is 2.23. The summed E-state index contributed by atoms with van der Waals surface area (Å²) in [6.45, 7) is 3.33. The molecule has 0 radical (unpaired) electrons. The Labute approximate surface area is 152 Å². The van der Waals surface area contributed by atoms with Crippen LogP contribution < -0.4 is 5.32 Å². The van der Waals surface area contributed by atoms with E-state index in [0.29, 0.717) is 17.7 Å². The van der Waals surface area contributed by atoms with Crippen LogP contribution in [0.2, 0.25) is 0 Å². The minimum atomic E-state index is -0.636. The summed E-state index contributed by atoms with van der Waals surface area (Å²) in [5.41, 5.74) is 1.80. The number of aromatic hydroxyl groups is 1. The van der Waals surface area contributed by atoms with Crippen molar-refractivity contribution in [2.75, 3.05) is 11.9 Å². The topological polar surface area (TPSA) is 95.9 Å². The highest BCUT2D eigenvalue weighted by atomic mass is 16.6. The first kappa shape index (κ1) is 19.5. The van der Waals surface area contributed by atoms with E-state index in [1.54, 1.807) is 36.4 Å². The molecule has 26 heavy (non-hydrogen) atoms. The Balaban J connectivity index is 2.09. The fourth-order valence-corrected chi connectivity index (χ4v) is 2.58. The Kier molecular flexibility index (Phi) is 6.74. The van der Waals surface area contributed by atoms with Gasteiger partial charge in [0, 0.05) is 17.9 Å². The number of carbonyl (C=O) groups excluding carboxylic acids is 2. The second kappa shape index (κ2) is 9.01. The maximum Gasteiger partial charge on any atom is 0.412 e. The number of hydrogen-bond acceptors (Lipinski definition) is 5. The van der Waals surface area contributed by atoms with Crippen LogP contribution in [0.15, 0.2) is 48.5 Å². The van der Waals surface area contributed by atoms with Crippen molar-refractivity contribution < 1.29 is 24.5 Å². The second-order valence-corrected chi connectivity index (χ2v) is 6.17. The van der Waals surface area contributed by atoms with Gasteiger partial charge in [-0.25, -0.2) is 4.79 Å². The SMILES string of the molecule is CC(=O)c1ccc(NC(=O)O[C@@H](c2ccc(O)cc2)[C@@H](C)CCO)cc1. The van der Waals surface area contributed by atoms with E-state index in [0.717, 1.165) is 5.56 Å². The van der Waals surface area contributed by atoms with Crippen LogP contribution in [0.3, 0.4) is 0 Å². The molecule has 6 heteroatoms. The third-order valence-corrected chi connectivity index (χ3v) is 4.09. The fourth-order valence-electron chi connectivity index (χ4n) is 2.58. The van der Waals surface area contributed by atoms with Gasteiger partial charge in [-0.05, 0) is 61.2 Å². The zero-order chi connectivity index (χ0) is 19.1. The van der Waals surface area contributed by atoms with Crippen molar-refractivity contribution in [1.82, 2.24) is 0 Å². The number of Topliss-reactive ketones (excluding diaryl/α,β-unsaturated/α-hetero) is 1. The first-order valence-corrected chi connectivity index (χ1v) is 8.39. The average molecular weight is 357 g/mol. The zero-order valence-electron chi connectivity index (χ0n) is 14.8. The maximum absolute atomic E-state index is 12.3. The van der Waals surface area contributed by atoms with E-state index in [1.165, 1.54) is 19.1 Å². The van der Waals surface area contributed by atoms with Crippen LogP contribution in [0.1, 0.15) is 42.3 Å².